The maximum absolute atomic E-state index is 12.6. The number of halogens is 1. The second-order valence-corrected chi connectivity index (χ2v) is 11.4. The molecule has 5 nitrogen and oxygen atoms in total. The summed E-state index contributed by atoms with van der Waals surface area (Å²) >= 11 is 6.66. The molecule has 0 saturated heterocycles. The first-order valence-electron chi connectivity index (χ1n) is 9.35. The fraction of sp³-hybridized carbons (Fsp3) is 0.400. The molecule has 0 spiro atoms. The molecule has 1 aromatic carbocycles. The molecule has 1 N–H and O–H groups in total. The summed E-state index contributed by atoms with van der Waals surface area (Å²) in [7, 11) is 0. The lowest BCUT2D eigenvalue weighted by Crippen LogP contribution is -2.76. The number of nitrogens with one attached hydrogen (secondary N) is 1. The minimum atomic E-state index is -1.13. The molecule has 4 aliphatic carbocycles. The molecule has 4 saturated carbocycles. The van der Waals surface area contributed by atoms with Crippen molar-refractivity contribution < 1.29 is 13.8 Å². The number of rotatable bonds is 5. The molecule has 2 bridgehead atoms. The van der Waals surface area contributed by atoms with Gasteiger partial charge in [-0.3, -0.25) is 4.79 Å². The third-order valence-electron chi connectivity index (χ3n) is 6.04. The highest BCUT2D eigenvalue weighted by atomic mass is 35.5. The number of carbonyl (C=O) groups excluding carboxylic acids is 1. The van der Waals surface area contributed by atoms with Crippen LogP contribution in [0.5, 0.6) is 0 Å². The van der Waals surface area contributed by atoms with Gasteiger partial charge in [0, 0.05) is 46.1 Å². The minimum absolute atomic E-state index is 0.0885. The average Bonchev–Trinajstić information content (AvgIpc) is 3.18. The van der Waals surface area contributed by atoms with Gasteiger partial charge < -0.3 is 14.3 Å². The molecular formula is C20H17ClN2O3S2. The molecule has 8 heteroatoms. The van der Waals surface area contributed by atoms with E-state index in [0.29, 0.717) is 5.09 Å². The number of amides is 1. The van der Waals surface area contributed by atoms with Crippen LogP contribution < -0.4 is 5.32 Å². The van der Waals surface area contributed by atoms with Gasteiger partial charge in [-0.1, -0.05) is 11.6 Å². The van der Waals surface area contributed by atoms with Crippen molar-refractivity contribution in [2.24, 2.45) is 0 Å². The SMILES string of the molecule is O=C(NC12CC(c3nc4ccc(Cl)cc4s3)(C1)C2)c1ccc([S+]([O-])C2CC2)o1. The molecule has 2 aromatic heterocycles. The Labute approximate surface area is 173 Å². The van der Waals surface area contributed by atoms with E-state index in [4.69, 9.17) is 21.0 Å². The summed E-state index contributed by atoms with van der Waals surface area (Å²) in [5.41, 5.74) is 0.916. The number of aromatic nitrogens is 1. The Balaban J connectivity index is 1.14. The summed E-state index contributed by atoms with van der Waals surface area (Å²) in [5, 5.41) is 5.61. The second-order valence-electron chi connectivity index (χ2n) is 8.29. The quantitative estimate of drug-likeness (QED) is 0.605. The monoisotopic (exact) mass is 432 g/mol. The first kappa shape index (κ1) is 17.3. The first-order chi connectivity index (χ1) is 13.5. The van der Waals surface area contributed by atoms with E-state index in [1.807, 2.05) is 18.2 Å². The molecule has 144 valence electrons. The van der Waals surface area contributed by atoms with Crippen LogP contribution in [0.2, 0.25) is 5.02 Å². The van der Waals surface area contributed by atoms with Crippen molar-refractivity contribution in [3.05, 3.63) is 46.1 Å². The van der Waals surface area contributed by atoms with Gasteiger partial charge in [0.1, 0.15) is 10.3 Å². The van der Waals surface area contributed by atoms with Crippen LogP contribution in [0.1, 0.15) is 47.7 Å². The lowest BCUT2D eigenvalue weighted by atomic mass is 9.39. The van der Waals surface area contributed by atoms with E-state index in [-0.39, 0.29) is 27.9 Å². The molecule has 7 rings (SSSR count). The molecule has 28 heavy (non-hydrogen) atoms. The average molecular weight is 433 g/mol. The van der Waals surface area contributed by atoms with E-state index >= 15 is 0 Å². The Hall–Kier alpha value is -1.54. The number of hydrogen-bond donors (Lipinski definition) is 1. The Morgan fingerprint density at radius 3 is 2.82 bits per heavy atom. The molecular weight excluding hydrogens is 416 g/mol. The smallest absolute Gasteiger partial charge is 0.311 e. The number of furan rings is 1. The summed E-state index contributed by atoms with van der Waals surface area (Å²) in [6, 6.07) is 9.08. The normalized spacial score (nSPS) is 29.2. The predicted molar refractivity (Wildman–Crippen MR) is 108 cm³/mol. The first-order valence-corrected chi connectivity index (χ1v) is 11.8. The van der Waals surface area contributed by atoms with Crippen molar-refractivity contribution in [2.75, 3.05) is 0 Å². The molecule has 2 heterocycles. The summed E-state index contributed by atoms with van der Waals surface area (Å²) in [4.78, 5) is 17.4. The summed E-state index contributed by atoms with van der Waals surface area (Å²) < 4.78 is 18.8. The lowest BCUT2D eigenvalue weighted by Gasteiger charge is -2.69. The Kier molecular flexibility index (Phi) is 3.56. The number of fused-ring (bicyclic) bond motifs is 1. The zero-order chi connectivity index (χ0) is 19.1. The topological polar surface area (TPSA) is 78.2 Å². The number of benzene rings is 1. The van der Waals surface area contributed by atoms with Crippen molar-refractivity contribution in [2.45, 2.75) is 53.4 Å². The van der Waals surface area contributed by atoms with E-state index in [2.05, 4.69) is 5.32 Å². The van der Waals surface area contributed by atoms with E-state index < -0.39 is 11.2 Å². The highest BCUT2D eigenvalue weighted by Crippen LogP contribution is 2.68. The molecule has 1 unspecified atom stereocenters. The van der Waals surface area contributed by atoms with Gasteiger partial charge in [-0.15, -0.1) is 11.3 Å². The molecule has 0 aliphatic heterocycles. The largest absolute Gasteiger partial charge is 0.609 e. The van der Waals surface area contributed by atoms with Crippen LogP contribution in [0.25, 0.3) is 10.2 Å². The fourth-order valence-corrected chi connectivity index (χ4v) is 7.26. The van der Waals surface area contributed by atoms with Crippen molar-refractivity contribution in [1.82, 2.24) is 10.3 Å². The van der Waals surface area contributed by atoms with Crippen molar-refractivity contribution in [1.29, 1.82) is 0 Å². The van der Waals surface area contributed by atoms with Crippen LogP contribution in [0, 0.1) is 0 Å². The van der Waals surface area contributed by atoms with Gasteiger partial charge in [0.05, 0.1) is 10.2 Å². The summed E-state index contributed by atoms with van der Waals surface area (Å²) in [6.45, 7) is 0. The van der Waals surface area contributed by atoms with Crippen molar-refractivity contribution >= 4 is 50.2 Å². The number of carbonyl (C=O) groups is 1. The van der Waals surface area contributed by atoms with Gasteiger partial charge >= 0.3 is 5.09 Å². The van der Waals surface area contributed by atoms with E-state index in [1.165, 1.54) is 0 Å². The van der Waals surface area contributed by atoms with Crippen LogP contribution in [0.4, 0.5) is 0 Å². The van der Waals surface area contributed by atoms with Crippen molar-refractivity contribution in [3.63, 3.8) is 0 Å². The zero-order valence-corrected chi connectivity index (χ0v) is 17.3. The summed E-state index contributed by atoms with van der Waals surface area (Å²) in [6.07, 6.45) is 4.65. The predicted octanol–water partition coefficient (Wildman–Crippen LogP) is 4.42. The zero-order valence-electron chi connectivity index (χ0n) is 14.9. The number of nitrogens with zero attached hydrogens (tertiary/aromatic N) is 1. The third-order valence-corrected chi connectivity index (χ3v) is 9.24. The Morgan fingerprint density at radius 1 is 1.29 bits per heavy atom. The van der Waals surface area contributed by atoms with E-state index in [0.717, 1.165) is 52.4 Å². The van der Waals surface area contributed by atoms with Gasteiger partial charge in [-0.05, 0) is 43.5 Å². The van der Waals surface area contributed by atoms with Crippen LogP contribution in [-0.2, 0) is 16.6 Å². The van der Waals surface area contributed by atoms with Gasteiger partial charge in [-0.2, -0.15) is 0 Å². The third kappa shape index (κ3) is 2.56. The molecule has 4 aliphatic rings. The van der Waals surface area contributed by atoms with E-state index in [9.17, 15) is 9.35 Å². The maximum atomic E-state index is 12.6. The molecule has 0 radical (unpaired) electrons. The number of thiazole rings is 1. The Morgan fingerprint density at radius 2 is 2.07 bits per heavy atom. The van der Waals surface area contributed by atoms with E-state index in [1.54, 1.807) is 23.5 Å². The van der Waals surface area contributed by atoms with Crippen LogP contribution in [-0.4, -0.2) is 26.2 Å². The second kappa shape index (κ2) is 5.75. The Bertz CT molecular complexity index is 1100. The van der Waals surface area contributed by atoms with Crippen LogP contribution in [0.15, 0.2) is 39.8 Å². The molecule has 3 aromatic rings. The maximum Gasteiger partial charge on any atom is 0.311 e. The van der Waals surface area contributed by atoms with Gasteiger partial charge in [-0.25, -0.2) is 4.98 Å². The lowest BCUT2D eigenvalue weighted by molar-refractivity contribution is -0.0811. The van der Waals surface area contributed by atoms with Crippen LogP contribution in [0.3, 0.4) is 0 Å². The fourth-order valence-electron chi connectivity index (χ4n) is 4.57. The molecule has 1 amide bonds. The van der Waals surface area contributed by atoms with Crippen molar-refractivity contribution in [3.8, 4) is 0 Å². The van der Waals surface area contributed by atoms with Gasteiger partial charge in [0.15, 0.2) is 5.76 Å². The van der Waals surface area contributed by atoms with Crippen LogP contribution >= 0.6 is 22.9 Å². The summed E-state index contributed by atoms with van der Waals surface area (Å²) in [5.74, 6) is 0.0285. The molecule has 1 atom stereocenters. The van der Waals surface area contributed by atoms with Gasteiger partial charge in [0.2, 0.25) is 0 Å². The standard InChI is InChI=1S/C20H17ClN2O3S2/c21-11-1-4-13-15(7-11)27-18(22-13)19-8-20(9-19,10-19)23-17(24)14-5-6-16(26-14)28(25)12-2-3-12/h1,4-7,12H,2-3,8-10H2,(H,23,24). The highest BCUT2D eigenvalue weighted by Gasteiger charge is 2.70. The highest BCUT2D eigenvalue weighted by molar-refractivity contribution is 7.92. The minimum Gasteiger partial charge on any atom is -0.609 e. The van der Waals surface area contributed by atoms with Gasteiger partial charge in [0.25, 0.3) is 5.91 Å². The molecule has 4 fully saturated rings. The number of hydrogen-bond acceptors (Lipinski definition) is 5.